The van der Waals surface area contributed by atoms with E-state index in [4.69, 9.17) is 4.74 Å². The van der Waals surface area contributed by atoms with Gasteiger partial charge in [-0.1, -0.05) is 19.1 Å². The zero-order chi connectivity index (χ0) is 28.3. The van der Waals surface area contributed by atoms with Gasteiger partial charge in [-0.25, -0.2) is 14.6 Å². The van der Waals surface area contributed by atoms with E-state index in [1.54, 1.807) is 24.4 Å². The van der Waals surface area contributed by atoms with Gasteiger partial charge in [-0.3, -0.25) is 4.79 Å². The van der Waals surface area contributed by atoms with Gasteiger partial charge in [-0.2, -0.15) is 5.10 Å². The summed E-state index contributed by atoms with van der Waals surface area (Å²) in [5.74, 6) is -1.14. The molecule has 0 bridgehead atoms. The van der Waals surface area contributed by atoms with Crippen LogP contribution in [-0.4, -0.2) is 57.3 Å². The summed E-state index contributed by atoms with van der Waals surface area (Å²) in [6, 6.07) is 5.73. The standard InChI is InChI=1S/C31H39FN2O6/c1-28-10-7-24-25(31(28,39)13-9-23(28)20-15-27(37)40-17-20)8-12-30(38)16-22(35)6-11-29(24,30)18-33-34-26(36)14-19-2-4-21(32)5-3-19/h2-5,15,18,22-25,35,38-39H,6-14,16-17H2,1H3,(H,34,36)/b33-18-/t22-,23+,24+,25-,28-,29+,30+,31-/m1/s1. The fourth-order valence-corrected chi connectivity index (χ4v) is 9.41. The number of hydrogen-bond donors (Lipinski definition) is 4. The third-order valence-electron chi connectivity index (χ3n) is 11.4. The number of carbonyl (C=O) groups is 2. The minimum absolute atomic E-state index is 0.0429. The van der Waals surface area contributed by atoms with Crippen LogP contribution >= 0.6 is 0 Å². The lowest BCUT2D eigenvalue weighted by Gasteiger charge is -2.65. The Kier molecular flexibility index (Phi) is 6.71. The molecule has 0 saturated heterocycles. The monoisotopic (exact) mass is 554 g/mol. The molecule has 4 fully saturated rings. The van der Waals surface area contributed by atoms with Crippen LogP contribution < -0.4 is 5.43 Å². The van der Waals surface area contributed by atoms with Gasteiger partial charge in [-0.15, -0.1) is 0 Å². The molecule has 40 heavy (non-hydrogen) atoms. The Morgan fingerprint density at radius 1 is 1.10 bits per heavy atom. The van der Waals surface area contributed by atoms with Gasteiger partial charge >= 0.3 is 5.97 Å². The number of aliphatic hydroxyl groups excluding tert-OH is 1. The molecule has 6 rings (SSSR count). The van der Waals surface area contributed by atoms with Crippen molar-refractivity contribution in [3.63, 3.8) is 0 Å². The summed E-state index contributed by atoms with van der Waals surface area (Å²) in [7, 11) is 0. The van der Waals surface area contributed by atoms with Crippen LogP contribution in [0.25, 0.3) is 0 Å². The maximum Gasteiger partial charge on any atom is 0.331 e. The first kappa shape index (κ1) is 27.5. The number of carbonyl (C=O) groups excluding carboxylic acids is 2. The van der Waals surface area contributed by atoms with Crippen LogP contribution in [0, 0.1) is 34.4 Å². The highest BCUT2D eigenvalue weighted by Gasteiger charge is 2.71. The van der Waals surface area contributed by atoms with Crippen molar-refractivity contribution in [2.45, 2.75) is 88.4 Å². The molecule has 1 heterocycles. The second-order valence-electron chi connectivity index (χ2n) is 13.1. The number of nitrogens with zero attached hydrogens (tertiary/aromatic N) is 1. The van der Waals surface area contributed by atoms with Crippen LogP contribution in [0.4, 0.5) is 4.39 Å². The van der Waals surface area contributed by atoms with Gasteiger partial charge in [0.2, 0.25) is 5.91 Å². The Hall–Kier alpha value is -2.62. The van der Waals surface area contributed by atoms with Gasteiger partial charge in [0.15, 0.2) is 0 Å². The SMILES string of the molecule is C[C@]12CC[C@H]3[C@@H](CC[C@]4(O)C[C@H](O)CC[C@]34/C=N\NC(=O)Cc3ccc(F)cc3)[C@]1(O)CC[C@H]2C1=CC(=O)OC1. The van der Waals surface area contributed by atoms with Crippen molar-refractivity contribution in [1.29, 1.82) is 0 Å². The lowest BCUT2D eigenvalue weighted by atomic mass is 9.41. The van der Waals surface area contributed by atoms with Gasteiger partial charge in [0, 0.05) is 29.5 Å². The van der Waals surface area contributed by atoms with Crippen LogP contribution in [-0.2, 0) is 20.7 Å². The molecule has 4 saturated carbocycles. The Bertz CT molecular complexity index is 1250. The van der Waals surface area contributed by atoms with Gasteiger partial charge in [0.05, 0.1) is 23.7 Å². The molecule has 4 N–H and O–H groups in total. The molecule has 8 nitrogen and oxygen atoms in total. The maximum atomic E-state index is 13.2. The van der Waals surface area contributed by atoms with E-state index in [0.29, 0.717) is 37.7 Å². The maximum absolute atomic E-state index is 13.2. The largest absolute Gasteiger partial charge is 0.458 e. The Morgan fingerprint density at radius 3 is 2.58 bits per heavy atom. The first-order chi connectivity index (χ1) is 19.0. The lowest BCUT2D eigenvalue weighted by molar-refractivity contribution is -0.237. The fraction of sp³-hybridized carbons (Fsp3) is 0.645. The molecule has 5 aliphatic rings. The van der Waals surface area contributed by atoms with Gasteiger partial charge in [0.1, 0.15) is 12.4 Å². The van der Waals surface area contributed by atoms with Crippen LogP contribution in [0.15, 0.2) is 41.0 Å². The molecule has 216 valence electrons. The van der Waals surface area contributed by atoms with E-state index >= 15 is 0 Å². The van der Waals surface area contributed by atoms with Crippen molar-refractivity contribution < 1.29 is 34.0 Å². The Balaban J connectivity index is 1.28. The molecule has 0 radical (unpaired) electrons. The normalized spacial score (nSPS) is 42.5. The number of aliphatic hydroxyl groups is 3. The van der Waals surface area contributed by atoms with Crippen molar-refractivity contribution in [2.24, 2.45) is 33.7 Å². The van der Waals surface area contributed by atoms with Crippen molar-refractivity contribution >= 4 is 18.1 Å². The quantitative estimate of drug-likeness (QED) is 0.252. The number of nitrogens with one attached hydrogen (secondary N) is 1. The number of halogens is 1. The molecule has 1 aliphatic heterocycles. The first-order valence-corrected chi connectivity index (χ1v) is 14.6. The van der Waals surface area contributed by atoms with E-state index in [0.717, 1.165) is 24.8 Å². The number of rotatable bonds is 5. The van der Waals surface area contributed by atoms with Crippen LogP contribution in [0.3, 0.4) is 0 Å². The van der Waals surface area contributed by atoms with E-state index in [1.807, 2.05) is 0 Å². The summed E-state index contributed by atoms with van der Waals surface area (Å²) >= 11 is 0. The molecular weight excluding hydrogens is 515 g/mol. The molecule has 0 aromatic heterocycles. The number of benzene rings is 1. The highest BCUT2D eigenvalue weighted by molar-refractivity contribution is 5.85. The number of esters is 1. The van der Waals surface area contributed by atoms with Crippen molar-refractivity contribution in [1.82, 2.24) is 5.43 Å². The molecule has 1 amide bonds. The molecular formula is C31H39FN2O6. The van der Waals surface area contributed by atoms with Gasteiger partial charge in [0.25, 0.3) is 0 Å². The number of cyclic esters (lactones) is 1. The van der Waals surface area contributed by atoms with E-state index in [9.17, 15) is 29.3 Å². The molecule has 1 aromatic carbocycles. The second-order valence-corrected chi connectivity index (χ2v) is 13.1. The molecule has 0 spiro atoms. The highest BCUT2D eigenvalue weighted by atomic mass is 19.1. The summed E-state index contributed by atoms with van der Waals surface area (Å²) in [5, 5.41) is 39.5. The van der Waals surface area contributed by atoms with Crippen LogP contribution in [0.1, 0.15) is 70.3 Å². The average Bonchev–Trinajstić information content (AvgIpc) is 3.45. The first-order valence-electron chi connectivity index (χ1n) is 14.6. The summed E-state index contributed by atoms with van der Waals surface area (Å²) < 4.78 is 18.5. The average molecular weight is 555 g/mol. The van der Waals surface area contributed by atoms with Crippen molar-refractivity contribution in [3.05, 3.63) is 47.3 Å². The van der Waals surface area contributed by atoms with E-state index in [1.165, 1.54) is 12.1 Å². The van der Waals surface area contributed by atoms with E-state index in [2.05, 4.69) is 17.5 Å². The topological polar surface area (TPSA) is 128 Å². The number of hydrogen-bond acceptors (Lipinski definition) is 7. The predicted octanol–water partition coefficient (Wildman–Crippen LogP) is 3.18. The fourth-order valence-electron chi connectivity index (χ4n) is 9.41. The highest BCUT2D eigenvalue weighted by Crippen LogP contribution is 2.70. The smallest absolute Gasteiger partial charge is 0.331 e. The van der Waals surface area contributed by atoms with Gasteiger partial charge < -0.3 is 20.1 Å². The zero-order valence-corrected chi connectivity index (χ0v) is 22.9. The third-order valence-corrected chi connectivity index (χ3v) is 11.4. The summed E-state index contributed by atoms with van der Waals surface area (Å²) in [4.78, 5) is 24.5. The summed E-state index contributed by atoms with van der Waals surface area (Å²) in [6.07, 6.45) is 7.91. The molecule has 9 heteroatoms. The summed E-state index contributed by atoms with van der Waals surface area (Å²) in [5.41, 5.74) is 0.835. The lowest BCUT2D eigenvalue weighted by Crippen LogP contribution is -2.68. The summed E-state index contributed by atoms with van der Waals surface area (Å²) in [6.45, 7) is 2.43. The van der Waals surface area contributed by atoms with E-state index in [-0.39, 0.29) is 54.9 Å². The van der Waals surface area contributed by atoms with Gasteiger partial charge in [-0.05, 0) is 92.4 Å². The molecule has 1 aromatic rings. The number of amides is 1. The Labute approximate surface area is 233 Å². The molecule has 0 unspecified atom stereocenters. The second kappa shape index (κ2) is 9.74. The predicted molar refractivity (Wildman–Crippen MR) is 144 cm³/mol. The van der Waals surface area contributed by atoms with E-state index < -0.39 is 28.1 Å². The number of hydrazone groups is 1. The zero-order valence-electron chi connectivity index (χ0n) is 22.9. The number of ether oxygens (including phenoxy) is 1. The van der Waals surface area contributed by atoms with Crippen molar-refractivity contribution in [3.8, 4) is 0 Å². The minimum Gasteiger partial charge on any atom is -0.458 e. The number of fused-ring (bicyclic) bond motifs is 5. The van der Waals surface area contributed by atoms with Crippen molar-refractivity contribution in [2.75, 3.05) is 6.61 Å². The van der Waals surface area contributed by atoms with Crippen LogP contribution in [0.2, 0.25) is 0 Å². The Morgan fingerprint density at radius 2 is 1.85 bits per heavy atom. The molecule has 4 aliphatic carbocycles. The minimum atomic E-state index is -1.20. The molecule has 8 atom stereocenters. The third kappa shape index (κ3) is 4.15. The van der Waals surface area contributed by atoms with Crippen LogP contribution in [0.5, 0.6) is 0 Å².